The first-order valence-electron chi connectivity index (χ1n) is 5.55. The average Bonchev–Trinajstić information content (AvgIpc) is 2.76. The largest absolute Gasteiger partial charge is 0.493 e. The monoisotopic (exact) mass is 300 g/mol. The number of aryl methyl sites for hydroxylation is 1. The standard InChI is InChI=1S/C12H14Cl2N4O/c1-18-12(10(19-2)6-16-18)11(17-15)7-3-4-8(13)9(14)5-7/h3-6,11,17H,15H2,1-2H3. The second-order valence-electron chi connectivity index (χ2n) is 4.00. The van der Waals surface area contributed by atoms with E-state index < -0.39 is 0 Å². The number of ether oxygens (including phenoxy) is 1. The highest BCUT2D eigenvalue weighted by molar-refractivity contribution is 6.42. The Morgan fingerprint density at radius 2 is 2.11 bits per heavy atom. The SMILES string of the molecule is COc1cnn(C)c1C(NN)c1ccc(Cl)c(Cl)c1. The van der Waals surface area contributed by atoms with Gasteiger partial charge < -0.3 is 4.74 Å². The van der Waals surface area contributed by atoms with E-state index in [0.29, 0.717) is 15.8 Å². The highest BCUT2D eigenvalue weighted by Gasteiger charge is 2.22. The maximum atomic E-state index is 6.04. The van der Waals surface area contributed by atoms with E-state index in [4.69, 9.17) is 33.8 Å². The van der Waals surface area contributed by atoms with Crippen molar-refractivity contribution in [3.05, 3.63) is 45.7 Å². The van der Waals surface area contributed by atoms with Gasteiger partial charge in [-0.3, -0.25) is 10.5 Å². The van der Waals surface area contributed by atoms with Crippen LogP contribution in [0.15, 0.2) is 24.4 Å². The first-order chi connectivity index (χ1) is 9.08. The quantitative estimate of drug-likeness (QED) is 0.672. The summed E-state index contributed by atoms with van der Waals surface area (Å²) < 4.78 is 6.99. The van der Waals surface area contributed by atoms with Crippen molar-refractivity contribution in [2.24, 2.45) is 12.9 Å². The van der Waals surface area contributed by atoms with Crippen LogP contribution in [0, 0.1) is 0 Å². The van der Waals surface area contributed by atoms with Gasteiger partial charge in [0.25, 0.3) is 0 Å². The zero-order chi connectivity index (χ0) is 14.0. The van der Waals surface area contributed by atoms with Crippen molar-refractivity contribution in [1.82, 2.24) is 15.2 Å². The first kappa shape index (κ1) is 14.1. The van der Waals surface area contributed by atoms with E-state index in [2.05, 4.69) is 10.5 Å². The van der Waals surface area contributed by atoms with Crippen molar-refractivity contribution in [1.29, 1.82) is 0 Å². The summed E-state index contributed by atoms with van der Waals surface area (Å²) in [5.74, 6) is 6.30. The molecule has 0 spiro atoms. The Morgan fingerprint density at radius 1 is 1.37 bits per heavy atom. The molecule has 1 aromatic carbocycles. The van der Waals surface area contributed by atoms with Crippen LogP contribution in [0.5, 0.6) is 5.75 Å². The predicted octanol–water partition coefficient (Wildman–Crippen LogP) is 2.29. The molecule has 1 aromatic heterocycles. The Bertz CT molecular complexity index is 585. The predicted molar refractivity (Wildman–Crippen MR) is 75.4 cm³/mol. The lowest BCUT2D eigenvalue weighted by atomic mass is 10.0. The molecule has 0 bridgehead atoms. The highest BCUT2D eigenvalue weighted by Crippen LogP contribution is 2.32. The number of methoxy groups -OCH3 is 1. The fourth-order valence-corrected chi connectivity index (χ4v) is 2.24. The van der Waals surface area contributed by atoms with E-state index in [1.54, 1.807) is 30.1 Å². The molecular formula is C12H14Cl2N4O. The van der Waals surface area contributed by atoms with Gasteiger partial charge in [-0.05, 0) is 17.7 Å². The van der Waals surface area contributed by atoms with Crippen molar-refractivity contribution < 1.29 is 4.74 Å². The van der Waals surface area contributed by atoms with Gasteiger partial charge in [0.15, 0.2) is 5.75 Å². The average molecular weight is 301 g/mol. The van der Waals surface area contributed by atoms with Gasteiger partial charge in [0.05, 0.1) is 29.4 Å². The number of nitrogens with two attached hydrogens (primary N) is 1. The van der Waals surface area contributed by atoms with E-state index in [1.165, 1.54) is 0 Å². The summed E-state index contributed by atoms with van der Waals surface area (Å²) in [6, 6.07) is 5.05. The van der Waals surface area contributed by atoms with E-state index in [-0.39, 0.29) is 6.04 Å². The lowest BCUT2D eigenvalue weighted by Gasteiger charge is -2.18. The van der Waals surface area contributed by atoms with E-state index in [0.717, 1.165) is 11.3 Å². The van der Waals surface area contributed by atoms with Crippen LogP contribution in [-0.4, -0.2) is 16.9 Å². The third kappa shape index (κ3) is 2.69. The Hall–Kier alpha value is -1.27. The van der Waals surface area contributed by atoms with E-state index >= 15 is 0 Å². The lowest BCUT2D eigenvalue weighted by Crippen LogP contribution is -2.30. The number of hydrogen-bond donors (Lipinski definition) is 2. The highest BCUT2D eigenvalue weighted by atomic mass is 35.5. The number of aromatic nitrogens is 2. The van der Waals surface area contributed by atoms with Crippen molar-refractivity contribution in [3.63, 3.8) is 0 Å². The smallest absolute Gasteiger partial charge is 0.161 e. The molecule has 0 radical (unpaired) electrons. The summed E-state index contributed by atoms with van der Waals surface area (Å²) in [5.41, 5.74) is 4.42. The maximum absolute atomic E-state index is 6.04. The van der Waals surface area contributed by atoms with Crippen LogP contribution in [0.3, 0.4) is 0 Å². The van der Waals surface area contributed by atoms with E-state index in [1.807, 2.05) is 13.1 Å². The topological polar surface area (TPSA) is 65.1 Å². The Morgan fingerprint density at radius 3 is 2.68 bits per heavy atom. The Kier molecular flexibility index (Phi) is 4.31. The summed E-state index contributed by atoms with van der Waals surface area (Å²) in [5, 5.41) is 5.13. The van der Waals surface area contributed by atoms with E-state index in [9.17, 15) is 0 Å². The fourth-order valence-electron chi connectivity index (χ4n) is 1.94. The third-order valence-corrected chi connectivity index (χ3v) is 3.63. The molecule has 0 aliphatic heterocycles. The van der Waals surface area contributed by atoms with Crippen LogP contribution >= 0.6 is 23.2 Å². The molecule has 1 atom stereocenters. The number of benzene rings is 1. The van der Waals surface area contributed by atoms with Crippen LogP contribution < -0.4 is 16.0 Å². The Labute approximate surface area is 121 Å². The minimum absolute atomic E-state index is 0.294. The molecule has 5 nitrogen and oxygen atoms in total. The second-order valence-corrected chi connectivity index (χ2v) is 4.81. The molecule has 2 rings (SSSR count). The number of nitrogens with zero attached hydrogens (tertiary/aromatic N) is 2. The van der Waals surface area contributed by atoms with Crippen molar-refractivity contribution in [2.75, 3.05) is 7.11 Å². The van der Waals surface area contributed by atoms with Crippen LogP contribution in [-0.2, 0) is 7.05 Å². The Balaban J connectivity index is 2.49. The zero-order valence-electron chi connectivity index (χ0n) is 10.5. The summed E-state index contributed by atoms with van der Waals surface area (Å²) in [6.45, 7) is 0. The number of rotatable bonds is 4. The summed E-state index contributed by atoms with van der Waals surface area (Å²) in [4.78, 5) is 0. The van der Waals surface area contributed by atoms with Crippen molar-refractivity contribution >= 4 is 23.2 Å². The van der Waals surface area contributed by atoms with Crippen LogP contribution in [0.25, 0.3) is 0 Å². The molecule has 19 heavy (non-hydrogen) atoms. The normalized spacial score (nSPS) is 12.5. The number of halogens is 2. The third-order valence-electron chi connectivity index (χ3n) is 2.89. The number of nitrogens with one attached hydrogen (secondary N) is 1. The first-order valence-corrected chi connectivity index (χ1v) is 6.31. The molecule has 102 valence electrons. The van der Waals surface area contributed by atoms with Gasteiger partial charge in [0, 0.05) is 7.05 Å². The van der Waals surface area contributed by atoms with Gasteiger partial charge in [-0.15, -0.1) is 0 Å². The summed E-state index contributed by atoms with van der Waals surface area (Å²) in [7, 11) is 3.41. The second kappa shape index (κ2) is 5.79. The molecule has 0 aliphatic rings. The van der Waals surface area contributed by atoms with Gasteiger partial charge in [-0.1, -0.05) is 29.3 Å². The van der Waals surface area contributed by atoms with Gasteiger partial charge >= 0.3 is 0 Å². The van der Waals surface area contributed by atoms with Gasteiger partial charge in [0.1, 0.15) is 5.69 Å². The molecule has 0 aliphatic carbocycles. The summed E-state index contributed by atoms with van der Waals surface area (Å²) in [6.07, 6.45) is 1.64. The van der Waals surface area contributed by atoms with Crippen molar-refractivity contribution in [2.45, 2.75) is 6.04 Å². The molecule has 0 amide bonds. The van der Waals surface area contributed by atoms with Gasteiger partial charge in [0.2, 0.25) is 0 Å². The van der Waals surface area contributed by atoms with Gasteiger partial charge in [-0.25, -0.2) is 5.43 Å². The van der Waals surface area contributed by atoms with Gasteiger partial charge in [-0.2, -0.15) is 5.10 Å². The molecule has 0 fully saturated rings. The molecule has 2 aromatic rings. The van der Waals surface area contributed by atoms with Crippen LogP contribution in [0.4, 0.5) is 0 Å². The molecular weight excluding hydrogens is 287 g/mol. The molecule has 1 heterocycles. The molecule has 7 heteroatoms. The van der Waals surface area contributed by atoms with Crippen LogP contribution in [0.1, 0.15) is 17.3 Å². The maximum Gasteiger partial charge on any atom is 0.161 e. The van der Waals surface area contributed by atoms with Crippen molar-refractivity contribution in [3.8, 4) is 5.75 Å². The summed E-state index contributed by atoms with van der Waals surface area (Å²) >= 11 is 12.0. The van der Waals surface area contributed by atoms with Crippen LogP contribution in [0.2, 0.25) is 10.0 Å². The molecule has 1 unspecified atom stereocenters. The fraction of sp³-hybridized carbons (Fsp3) is 0.250. The lowest BCUT2D eigenvalue weighted by molar-refractivity contribution is 0.401. The minimum Gasteiger partial charge on any atom is -0.493 e. The molecule has 0 saturated carbocycles. The number of hydrogen-bond acceptors (Lipinski definition) is 4. The molecule has 0 saturated heterocycles. The molecule has 3 N–H and O–H groups in total. The minimum atomic E-state index is -0.294. The zero-order valence-corrected chi connectivity index (χ0v) is 12.0. The number of hydrazine groups is 1.